The fourth-order valence-corrected chi connectivity index (χ4v) is 7.33. The third kappa shape index (κ3) is 3.80. The van der Waals surface area contributed by atoms with Crippen LogP contribution < -0.4 is 16.2 Å². The lowest BCUT2D eigenvalue weighted by Gasteiger charge is -2.71. The van der Waals surface area contributed by atoms with E-state index in [1.807, 2.05) is 0 Å². The first-order chi connectivity index (χ1) is 17.6. The second-order valence-electron chi connectivity index (χ2n) is 11.9. The van der Waals surface area contributed by atoms with Crippen molar-refractivity contribution in [3.63, 3.8) is 0 Å². The van der Waals surface area contributed by atoms with E-state index in [2.05, 4.69) is 29.5 Å². The highest BCUT2D eigenvalue weighted by molar-refractivity contribution is 5.99. The molecule has 5 aliphatic rings. The Balaban J connectivity index is 1.29. The SMILES string of the molecule is CCC12CC(n3cc(C(=O)N[C@H](C)c4cccc(C(F)F)c4F)c(N[C@H]4[C@@H]5CN(C)C[C@@H]54)cc3=O)(C1)C2. The number of hydrogen-bond donors (Lipinski definition) is 2. The molecular weight excluding hydrogens is 481 g/mol. The number of nitrogens with one attached hydrogen (secondary N) is 2. The van der Waals surface area contributed by atoms with Crippen molar-refractivity contribution < 1.29 is 18.0 Å². The minimum Gasteiger partial charge on any atom is -0.381 e. The predicted molar refractivity (Wildman–Crippen MR) is 134 cm³/mol. The summed E-state index contributed by atoms with van der Waals surface area (Å²) < 4.78 is 42.9. The first-order valence-electron chi connectivity index (χ1n) is 13.2. The smallest absolute Gasteiger partial charge is 0.266 e. The number of amides is 1. The Labute approximate surface area is 214 Å². The average Bonchev–Trinajstić information content (AvgIpc) is 3.23. The molecule has 7 rings (SSSR count). The molecule has 1 aromatic heterocycles. The monoisotopic (exact) mass is 514 g/mol. The fourth-order valence-electron chi connectivity index (χ4n) is 7.33. The highest BCUT2D eigenvalue weighted by Crippen LogP contribution is 2.72. The minimum atomic E-state index is -2.95. The Bertz CT molecular complexity index is 1290. The van der Waals surface area contributed by atoms with Crippen LogP contribution in [0.4, 0.5) is 18.9 Å². The summed E-state index contributed by atoms with van der Waals surface area (Å²) >= 11 is 0. The number of likely N-dealkylation sites (tertiary alicyclic amines) is 1. The quantitative estimate of drug-likeness (QED) is 0.537. The highest BCUT2D eigenvalue weighted by atomic mass is 19.3. The van der Waals surface area contributed by atoms with Crippen LogP contribution in [0.15, 0.2) is 35.3 Å². The van der Waals surface area contributed by atoms with Gasteiger partial charge in [-0.25, -0.2) is 13.2 Å². The summed E-state index contributed by atoms with van der Waals surface area (Å²) in [5.41, 5.74) is 0.0688. The molecule has 2 aromatic rings. The molecule has 1 aliphatic heterocycles. The van der Waals surface area contributed by atoms with Crippen LogP contribution in [-0.4, -0.2) is 41.6 Å². The van der Waals surface area contributed by atoms with Gasteiger partial charge in [0.15, 0.2) is 0 Å². The van der Waals surface area contributed by atoms with Gasteiger partial charge in [-0.2, -0.15) is 0 Å². The van der Waals surface area contributed by atoms with Crippen LogP contribution in [0.25, 0.3) is 0 Å². The highest BCUT2D eigenvalue weighted by Gasteiger charge is 2.68. The molecule has 1 saturated heterocycles. The number of rotatable bonds is 8. The van der Waals surface area contributed by atoms with Crippen LogP contribution in [0, 0.1) is 23.1 Å². The topological polar surface area (TPSA) is 66.4 Å². The average molecular weight is 515 g/mol. The summed E-state index contributed by atoms with van der Waals surface area (Å²) in [6.07, 6.45) is 2.60. The molecule has 1 aromatic carbocycles. The van der Waals surface area contributed by atoms with Crippen molar-refractivity contribution in [3.8, 4) is 0 Å². The summed E-state index contributed by atoms with van der Waals surface area (Å²) in [6.45, 7) is 5.69. The largest absolute Gasteiger partial charge is 0.381 e. The molecule has 4 saturated carbocycles. The molecule has 9 heteroatoms. The van der Waals surface area contributed by atoms with Gasteiger partial charge >= 0.3 is 0 Å². The van der Waals surface area contributed by atoms with Crippen LogP contribution in [0.2, 0.25) is 0 Å². The van der Waals surface area contributed by atoms with E-state index in [0.717, 1.165) is 44.8 Å². The van der Waals surface area contributed by atoms with Crippen molar-refractivity contribution in [1.29, 1.82) is 0 Å². The van der Waals surface area contributed by atoms with E-state index in [1.165, 1.54) is 18.2 Å². The van der Waals surface area contributed by atoms with Crippen LogP contribution in [0.3, 0.4) is 0 Å². The zero-order chi connectivity index (χ0) is 26.3. The summed E-state index contributed by atoms with van der Waals surface area (Å²) in [4.78, 5) is 29.1. The van der Waals surface area contributed by atoms with Gasteiger partial charge in [-0.05, 0) is 50.5 Å². The molecular formula is C28H33F3N4O2. The van der Waals surface area contributed by atoms with Gasteiger partial charge < -0.3 is 20.1 Å². The van der Waals surface area contributed by atoms with Crippen molar-refractivity contribution in [3.05, 3.63) is 63.3 Å². The second kappa shape index (κ2) is 8.35. The van der Waals surface area contributed by atoms with Crippen LogP contribution in [0.1, 0.15) is 73.5 Å². The van der Waals surface area contributed by atoms with Gasteiger partial charge in [0.05, 0.1) is 22.9 Å². The molecule has 198 valence electrons. The van der Waals surface area contributed by atoms with Gasteiger partial charge in [-0.3, -0.25) is 9.59 Å². The van der Waals surface area contributed by atoms with Gasteiger partial charge in [-0.1, -0.05) is 31.5 Å². The Morgan fingerprint density at radius 1 is 1.16 bits per heavy atom. The van der Waals surface area contributed by atoms with E-state index in [-0.39, 0.29) is 22.7 Å². The third-order valence-electron chi connectivity index (χ3n) is 9.48. The zero-order valence-corrected chi connectivity index (χ0v) is 21.4. The molecule has 2 N–H and O–H groups in total. The Morgan fingerprint density at radius 2 is 1.81 bits per heavy atom. The fraction of sp³-hybridized carbons (Fsp3) is 0.571. The number of carbonyl (C=O) groups is 1. The minimum absolute atomic E-state index is 0.00180. The van der Waals surface area contributed by atoms with Gasteiger partial charge in [0.1, 0.15) is 5.82 Å². The van der Waals surface area contributed by atoms with E-state index in [1.54, 1.807) is 17.7 Å². The van der Waals surface area contributed by atoms with Crippen LogP contribution >= 0.6 is 0 Å². The summed E-state index contributed by atoms with van der Waals surface area (Å²) in [7, 11) is 2.08. The molecule has 2 bridgehead atoms. The lowest BCUT2D eigenvalue weighted by atomic mass is 9.38. The molecule has 0 unspecified atom stereocenters. The Hall–Kier alpha value is -2.81. The first-order valence-corrected chi connectivity index (χ1v) is 13.2. The standard InChI is InChI=1S/C28H33F3N4O2/c1-4-27-12-28(13-27,14-27)35-11-20(21(8-22(35)36)33-24-18-9-34(3)10-19(18)24)26(37)32-15(2)16-6-5-7-17(23(16)29)25(30)31/h5-8,11,15,18-19,24-25,33H,4,9-10,12-14H2,1-3H3,(H,32,37)/t15-,18-,19+,24+,27?,28?/m1/s1. The molecule has 5 fully saturated rings. The van der Waals surface area contributed by atoms with E-state index < -0.39 is 29.8 Å². The van der Waals surface area contributed by atoms with Gasteiger partial charge in [0.25, 0.3) is 17.9 Å². The molecule has 6 nitrogen and oxygen atoms in total. The van der Waals surface area contributed by atoms with Crippen molar-refractivity contribution in [2.75, 3.05) is 25.5 Å². The molecule has 4 atom stereocenters. The number of benzene rings is 1. The number of piperidine rings is 1. The zero-order valence-electron chi connectivity index (χ0n) is 21.4. The lowest BCUT2D eigenvalue weighted by molar-refractivity contribution is -0.190. The second-order valence-corrected chi connectivity index (χ2v) is 11.9. The van der Waals surface area contributed by atoms with E-state index >= 15 is 0 Å². The predicted octanol–water partition coefficient (Wildman–Crippen LogP) is 4.68. The number of pyridine rings is 1. The van der Waals surface area contributed by atoms with Crippen molar-refractivity contribution in [2.45, 2.75) is 63.6 Å². The summed E-state index contributed by atoms with van der Waals surface area (Å²) in [5.74, 6) is -0.515. The number of carbonyl (C=O) groups excluding carboxylic acids is 1. The van der Waals surface area contributed by atoms with Gasteiger partial charge in [0.2, 0.25) is 0 Å². The third-order valence-corrected chi connectivity index (χ3v) is 9.48. The van der Waals surface area contributed by atoms with E-state index in [9.17, 15) is 22.8 Å². The van der Waals surface area contributed by atoms with Crippen LogP contribution in [0.5, 0.6) is 0 Å². The number of anilines is 1. The number of halogens is 3. The number of alkyl halides is 2. The normalized spacial score (nSPS) is 32.4. The van der Waals surface area contributed by atoms with Crippen molar-refractivity contribution in [1.82, 2.24) is 14.8 Å². The lowest BCUT2D eigenvalue weighted by Crippen LogP contribution is -2.69. The molecule has 37 heavy (non-hydrogen) atoms. The first kappa shape index (κ1) is 24.5. The Kier molecular flexibility index (Phi) is 5.53. The maximum Gasteiger partial charge on any atom is 0.266 e. The number of aromatic nitrogens is 1. The van der Waals surface area contributed by atoms with E-state index in [0.29, 0.717) is 28.5 Å². The van der Waals surface area contributed by atoms with Gasteiger partial charge in [0, 0.05) is 42.5 Å². The number of nitrogens with zero attached hydrogens (tertiary/aromatic N) is 2. The maximum absolute atomic E-state index is 14.8. The molecule has 2 heterocycles. The van der Waals surface area contributed by atoms with Crippen molar-refractivity contribution in [2.24, 2.45) is 17.3 Å². The van der Waals surface area contributed by atoms with Crippen LogP contribution in [-0.2, 0) is 5.54 Å². The summed E-state index contributed by atoms with van der Waals surface area (Å²) in [5, 5.41) is 6.24. The number of fused-ring (bicyclic) bond motifs is 1. The summed E-state index contributed by atoms with van der Waals surface area (Å²) in [6, 6.07) is 4.70. The number of hydrogen-bond acceptors (Lipinski definition) is 4. The van der Waals surface area contributed by atoms with E-state index in [4.69, 9.17) is 0 Å². The maximum atomic E-state index is 14.8. The van der Waals surface area contributed by atoms with Crippen molar-refractivity contribution >= 4 is 11.6 Å². The molecule has 4 aliphatic carbocycles. The molecule has 0 radical (unpaired) electrons. The van der Waals surface area contributed by atoms with Gasteiger partial charge in [-0.15, -0.1) is 0 Å². The molecule has 1 amide bonds. The Morgan fingerprint density at radius 3 is 2.43 bits per heavy atom. The molecule has 0 spiro atoms.